The zero-order chi connectivity index (χ0) is 18.1. The van der Waals surface area contributed by atoms with Crippen LogP contribution in [0.2, 0.25) is 10.0 Å². The highest BCUT2D eigenvalue weighted by molar-refractivity contribution is 6.36. The summed E-state index contributed by atoms with van der Waals surface area (Å²) in [4.78, 5) is 26.6. The van der Waals surface area contributed by atoms with Gasteiger partial charge in [0.1, 0.15) is 0 Å². The highest BCUT2D eigenvalue weighted by Crippen LogP contribution is 2.34. The molecular formula is C19H18Cl2N2O2. The molecule has 2 aromatic rings. The van der Waals surface area contributed by atoms with Gasteiger partial charge in [-0.1, -0.05) is 41.4 Å². The number of carbonyl (C=O) groups excluding carboxylic acids is 2. The minimum Gasteiger partial charge on any atom is -0.325 e. The first kappa shape index (κ1) is 17.8. The molecule has 1 saturated heterocycles. The van der Waals surface area contributed by atoms with Gasteiger partial charge in [0.15, 0.2) is 0 Å². The lowest BCUT2D eigenvalue weighted by Crippen LogP contribution is -2.28. The molecule has 1 aliphatic heterocycles. The number of nitrogens with one attached hydrogen (secondary N) is 1. The van der Waals surface area contributed by atoms with Crippen LogP contribution >= 0.6 is 23.2 Å². The molecule has 1 fully saturated rings. The molecule has 6 heteroatoms. The van der Waals surface area contributed by atoms with E-state index in [2.05, 4.69) is 5.32 Å². The van der Waals surface area contributed by atoms with Crippen molar-refractivity contribution in [1.29, 1.82) is 0 Å². The summed E-state index contributed by atoms with van der Waals surface area (Å²) in [6.07, 6.45) is 0.152. The zero-order valence-corrected chi connectivity index (χ0v) is 15.5. The molecule has 2 amide bonds. The molecule has 0 aliphatic carbocycles. The van der Waals surface area contributed by atoms with Crippen LogP contribution in [0.15, 0.2) is 36.4 Å². The fourth-order valence-corrected chi connectivity index (χ4v) is 3.43. The normalized spacial score (nSPS) is 17.0. The summed E-state index contributed by atoms with van der Waals surface area (Å²) < 4.78 is 0. The first-order valence-electron chi connectivity index (χ1n) is 7.99. The van der Waals surface area contributed by atoms with Gasteiger partial charge in [-0.25, -0.2) is 0 Å². The van der Waals surface area contributed by atoms with Gasteiger partial charge >= 0.3 is 0 Å². The Morgan fingerprint density at radius 3 is 2.52 bits per heavy atom. The third-order valence-corrected chi connectivity index (χ3v) is 4.98. The molecule has 1 aliphatic rings. The van der Waals surface area contributed by atoms with E-state index in [0.29, 0.717) is 15.7 Å². The zero-order valence-electron chi connectivity index (χ0n) is 14.0. The fraction of sp³-hybridized carbons (Fsp3) is 0.263. The monoisotopic (exact) mass is 376 g/mol. The number of hydrogen-bond donors (Lipinski definition) is 1. The quantitative estimate of drug-likeness (QED) is 0.850. The van der Waals surface area contributed by atoms with Gasteiger partial charge in [0.25, 0.3) is 0 Å². The number of amides is 2. The molecule has 130 valence electrons. The fourth-order valence-electron chi connectivity index (χ4n) is 3.05. The van der Waals surface area contributed by atoms with Crippen LogP contribution < -0.4 is 10.2 Å². The molecule has 0 saturated carbocycles. The van der Waals surface area contributed by atoms with Crippen LogP contribution in [0, 0.1) is 19.8 Å². The summed E-state index contributed by atoms with van der Waals surface area (Å²) in [6.45, 7) is 4.18. The van der Waals surface area contributed by atoms with Gasteiger partial charge in [-0.15, -0.1) is 0 Å². The van der Waals surface area contributed by atoms with Gasteiger partial charge in [-0.2, -0.15) is 0 Å². The van der Waals surface area contributed by atoms with Crippen LogP contribution in [0.5, 0.6) is 0 Å². The molecule has 0 bridgehead atoms. The predicted octanol–water partition coefficient (Wildman–Crippen LogP) is 4.60. The minimum absolute atomic E-state index is 0.133. The largest absolute Gasteiger partial charge is 0.325 e. The SMILES string of the molecule is Cc1cccc(C)c1NC(=O)[C@H]1CC(=O)N(c2cc(Cl)ccc2Cl)C1. The summed E-state index contributed by atoms with van der Waals surface area (Å²) in [6, 6.07) is 10.8. The third kappa shape index (κ3) is 3.65. The third-order valence-electron chi connectivity index (χ3n) is 4.42. The summed E-state index contributed by atoms with van der Waals surface area (Å²) in [5.41, 5.74) is 3.33. The highest BCUT2D eigenvalue weighted by Gasteiger charge is 2.36. The molecule has 0 spiro atoms. The van der Waals surface area contributed by atoms with E-state index in [4.69, 9.17) is 23.2 Å². The number of nitrogens with zero attached hydrogens (tertiary/aromatic N) is 1. The Hall–Kier alpha value is -2.04. The Morgan fingerprint density at radius 1 is 1.16 bits per heavy atom. The molecule has 1 heterocycles. The maximum atomic E-state index is 12.6. The first-order chi connectivity index (χ1) is 11.9. The number of anilines is 2. The lowest BCUT2D eigenvalue weighted by Gasteiger charge is -2.19. The van der Waals surface area contributed by atoms with Crippen molar-refractivity contribution in [2.75, 3.05) is 16.8 Å². The Labute approximate surface area is 156 Å². The number of halogens is 2. The maximum Gasteiger partial charge on any atom is 0.229 e. The average Bonchev–Trinajstić information content (AvgIpc) is 2.95. The van der Waals surface area contributed by atoms with Crippen LogP contribution in [-0.4, -0.2) is 18.4 Å². The summed E-state index contributed by atoms with van der Waals surface area (Å²) in [5.74, 6) is -0.723. The van der Waals surface area contributed by atoms with Gasteiger partial charge in [-0.05, 0) is 43.2 Å². The molecule has 0 aromatic heterocycles. The van der Waals surface area contributed by atoms with E-state index in [9.17, 15) is 9.59 Å². The van der Waals surface area contributed by atoms with Crippen LogP contribution in [0.3, 0.4) is 0 Å². The van der Waals surface area contributed by atoms with E-state index in [1.807, 2.05) is 32.0 Å². The van der Waals surface area contributed by atoms with E-state index in [0.717, 1.165) is 16.8 Å². The smallest absolute Gasteiger partial charge is 0.229 e. The Balaban J connectivity index is 1.78. The highest BCUT2D eigenvalue weighted by atomic mass is 35.5. The van der Waals surface area contributed by atoms with Gasteiger partial charge < -0.3 is 10.2 Å². The molecule has 25 heavy (non-hydrogen) atoms. The Bertz CT molecular complexity index is 831. The number of aryl methyl sites for hydroxylation is 2. The van der Waals surface area contributed by atoms with Crippen molar-refractivity contribution in [1.82, 2.24) is 0 Å². The number of benzene rings is 2. The van der Waals surface area contributed by atoms with Crippen LogP contribution in [-0.2, 0) is 9.59 Å². The van der Waals surface area contributed by atoms with Crippen molar-refractivity contribution in [3.63, 3.8) is 0 Å². The van der Waals surface area contributed by atoms with Gasteiger partial charge in [0.05, 0.1) is 16.6 Å². The Morgan fingerprint density at radius 2 is 1.84 bits per heavy atom. The van der Waals surface area contributed by atoms with Crippen molar-refractivity contribution in [3.05, 3.63) is 57.6 Å². The minimum atomic E-state index is -0.429. The lowest BCUT2D eigenvalue weighted by molar-refractivity contribution is -0.122. The van der Waals surface area contributed by atoms with E-state index in [1.54, 1.807) is 18.2 Å². The number of para-hydroxylation sites is 1. The van der Waals surface area contributed by atoms with E-state index in [-0.39, 0.29) is 24.8 Å². The van der Waals surface area contributed by atoms with Crippen LogP contribution in [0.25, 0.3) is 0 Å². The summed E-state index contributed by atoms with van der Waals surface area (Å²) in [7, 11) is 0. The van der Waals surface area contributed by atoms with Crippen molar-refractivity contribution in [2.45, 2.75) is 20.3 Å². The number of carbonyl (C=O) groups is 2. The average molecular weight is 377 g/mol. The molecular weight excluding hydrogens is 359 g/mol. The van der Waals surface area contributed by atoms with Crippen molar-refractivity contribution in [3.8, 4) is 0 Å². The molecule has 0 unspecified atom stereocenters. The van der Waals surface area contributed by atoms with Gasteiger partial charge in [0.2, 0.25) is 11.8 Å². The van der Waals surface area contributed by atoms with Gasteiger partial charge in [-0.3, -0.25) is 9.59 Å². The second-order valence-electron chi connectivity index (χ2n) is 6.26. The number of hydrogen-bond acceptors (Lipinski definition) is 2. The van der Waals surface area contributed by atoms with E-state index >= 15 is 0 Å². The van der Waals surface area contributed by atoms with Crippen molar-refractivity contribution < 1.29 is 9.59 Å². The van der Waals surface area contributed by atoms with E-state index in [1.165, 1.54) is 4.90 Å². The molecule has 2 aromatic carbocycles. The summed E-state index contributed by atoms with van der Waals surface area (Å²) >= 11 is 12.2. The molecule has 4 nitrogen and oxygen atoms in total. The van der Waals surface area contributed by atoms with Crippen LogP contribution in [0.4, 0.5) is 11.4 Å². The first-order valence-corrected chi connectivity index (χ1v) is 8.75. The second kappa shape index (κ2) is 7.06. The lowest BCUT2D eigenvalue weighted by atomic mass is 10.1. The Kier molecular flexibility index (Phi) is 5.02. The second-order valence-corrected chi connectivity index (χ2v) is 7.10. The molecule has 1 atom stereocenters. The van der Waals surface area contributed by atoms with Gasteiger partial charge in [0, 0.05) is 23.7 Å². The predicted molar refractivity (Wildman–Crippen MR) is 101 cm³/mol. The molecule has 3 rings (SSSR count). The number of rotatable bonds is 3. The molecule has 0 radical (unpaired) electrons. The maximum absolute atomic E-state index is 12.6. The van der Waals surface area contributed by atoms with Crippen molar-refractivity contribution in [2.24, 2.45) is 5.92 Å². The van der Waals surface area contributed by atoms with Crippen LogP contribution in [0.1, 0.15) is 17.5 Å². The van der Waals surface area contributed by atoms with E-state index < -0.39 is 5.92 Å². The topological polar surface area (TPSA) is 49.4 Å². The molecule has 1 N–H and O–H groups in total. The standard InChI is InChI=1S/C19H18Cl2N2O2/c1-11-4-3-5-12(2)18(11)22-19(25)13-8-17(24)23(10-13)16-9-14(20)6-7-15(16)21/h3-7,9,13H,8,10H2,1-2H3,(H,22,25)/t13-/m0/s1. The summed E-state index contributed by atoms with van der Waals surface area (Å²) in [5, 5.41) is 3.90. The van der Waals surface area contributed by atoms with Crippen molar-refractivity contribution >= 4 is 46.4 Å².